The Labute approximate surface area is 126 Å². The summed E-state index contributed by atoms with van der Waals surface area (Å²) in [5.74, 6) is 0.137. The number of carbonyl (C=O) groups is 1. The molecular formula is C14H15ClN2O4. The predicted molar refractivity (Wildman–Crippen MR) is 76.2 cm³/mol. The average Bonchev–Trinajstić information content (AvgIpc) is 3.01. The van der Waals surface area contributed by atoms with Crippen molar-refractivity contribution in [3.05, 3.63) is 38.9 Å². The van der Waals surface area contributed by atoms with Crippen molar-refractivity contribution in [3.8, 4) is 0 Å². The second kappa shape index (κ2) is 5.27. The third kappa shape index (κ3) is 2.49. The molecule has 21 heavy (non-hydrogen) atoms. The van der Waals surface area contributed by atoms with Crippen LogP contribution < -0.4 is 0 Å². The molecule has 3 rings (SSSR count). The predicted octanol–water partition coefficient (Wildman–Crippen LogP) is 2.09. The maximum absolute atomic E-state index is 12.5. The Hall–Kier alpha value is -1.66. The number of hydrogen-bond acceptors (Lipinski definition) is 4. The van der Waals surface area contributed by atoms with Gasteiger partial charge in [-0.3, -0.25) is 14.9 Å². The van der Waals surface area contributed by atoms with Crippen LogP contribution in [0.2, 0.25) is 5.02 Å². The van der Waals surface area contributed by atoms with Gasteiger partial charge in [-0.05, 0) is 24.8 Å². The number of hydrogen-bond donors (Lipinski definition) is 1. The van der Waals surface area contributed by atoms with Gasteiger partial charge in [-0.25, -0.2) is 0 Å². The molecule has 3 unspecified atom stereocenters. The van der Waals surface area contributed by atoms with Crippen molar-refractivity contribution in [2.24, 2.45) is 11.8 Å². The average molecular weight is 311 g/mol. The van der Waals surface area contributed by atoms with Crippen molar-refractivity contribution in [1.82, 2.24) is 4.90 Å². The van der Waals surface area contributed by atoms with Gasteiger partial charge in [-0.2, -0.15) is 0 Å². The third-order valence-corrected chi connectivity index (χ3v) is 4.83. The van der Waals surface area contributed by atoms with Crippen LogP contribution in [0.3, 0.4) is 0 Å². The Kier molecular flexibility index (Phi) is 3.59. The second-order valence-corrected chi connectivity index (χ2v) is 6.11. The lowest BCUT2D eigenvalue weighted by Crippen LogP contribution is -2.31. The number of nitro benzene ring substituents is 1. The molecule has 1 amide bonds. The standard InChI is InChI=1S/C14H15ClN2O4/c15-12-3-2-9(17(20)21)5-10(12)14(19)16-6-8-1-4-13(18)11(8)7-16/h2-3,5,8,11,13,18H,1,4,6-7H2. The fourth-order valence-corrected chi connectivity index (χ4v) is 3.56. The summed E-state index contributed by atoms with van der Waals surface area (Å²) < 4.78 is 0. The number of fused-ring (bicyclic) bond motifs is 1. The maximum Gasteiger partial charge on any atom is 0.270 e. The molecule has 1 saturated heterocycles. The molecule has 1 heterocycles. The Balaban J connectivity index is 1.83. The van der Waals surface area contributed by atoms with Gasteiger partial charge in [-0.15, -0.1) is 0 Å². The number of halogens is 1. The Bertz CT molecular complexity index is 607. The first-order valence-electron chi connectivity index (χ1n) is 6.88. The van der Waals surface area contributed by atoms with Gasteiger partial charge in [-0.1, -0.05) is 11.6 Å². The fraction of sp³-hybridized carbons (Fsp3) is 0.500. The zero-order chi connectivity index (χ0) is 15.1. The summed E-state index contributed by atoms with van der Waals surface area (Å²) in [4.78, 5) is 24.4. The van der Waals surface area contributed by atoms with Crippen molar-refractivity contribution in [2.45, 2.75) is 18.9 Å². The van der Waals surface area contributed by atoms with Crippen LogP contribution in [0.5, 0.6) is 0 Å². The summed E-state index contributed by atoms with van der Waals surface area (Å²) in [5, 5.41) is 20.9. The van der Waals surface area contributed by atoms with E-state index in [1.165, 1.54) is 18.2 Å². The summed E-state index contributed by atoms with van der Waals surface area (Å²) in [6, 6.07) is 3.87. The van der Waals surface area contributed by atoms with Gasteiger partial charge in [0.25, 0.3) is 11.6 Å². The van der Waals surface area contributed by atoms with Crippen molar-refractivity contribution in [2.75, 3.05) is 13.1 Å². The summed E-state index contributed by atoms with van der Waals surface area (Å²) in [7, 11) is 0. The minimum absolute atomic E-state index is 0.117. The van der Waals surface area contributed by atoms with Gasteiger partial charge >= 0.3 is 0 Å². The molecule has 112 valence electrons. The van der Waals surface area contributed by atoms with Crippen LogP contribution in [0.15, 0.2) is 18.2 Å². The lowest BCUT2D eigenvalue weighted by Gasteiger charge is -2.19. The normalized spacial score (nSPS) is 27.7. The molecule has 2 aliphatic rings. The number of nitro groups is 1. The molecule has 0 aromatic heterocycles. The highest BCUT2D eigenvalue weighted by molar-refractivity contribution is 6.33. The zero-order valence-electron chi connectivity index (χ0n) is 11.2. The smallest absolute Gasteiger partial charge is 0.270 e. The second-order valence-electron chi connectivity index (χ2n) is 5.70. The van der Waals surface area contributed by atoms with E-state index in [4.69, 9.17) is 11.6 Å². The van der Waals surface area contributed by atoms with Crippen molar-refractivity contribution in [1.29, 1.82) is 0 Å². The Morgan fingerprint density at radius 1 is 1.38 bits per heavy atom. The maximum atomic E-state index is 12.5. The number of benzene rings is 1. The SMILES string of the molecule is O=C(c1cc([N+](=O)[O-])ccc1Cl)N1CC2CCC(O)C2C1. The molecule has 1 saturated carbocycles. The molecule has 1 aromatic carbocycles. The third-order valence-electron chi connectivity index (χ3n) is 4.50. The van der Waals surface area contributed by atoms with Crippen LogP contribution in [0.25, 0.3) is 0 Å². The van der Waals surface area contributed by atoms with Gasteiger partial charge in [0, 0.05) is 31.1 Å². The summed E-state index contributed by atoms with van der Waals surface area (Å²) >= 11 is 6.00. The molecular weight excluding hydrogens is 296 g/mol. The van der Waals surface area contributed by atoms with Gasteiger partial charge in [0.1, 0.15) is 0 Å². The van der Waals surface area contributed by atoms with Gasteiger partial charge in [0.05, 0.1) is 21.6 Å². The van der Waals surface area contributed by atoms with Crippen LogP contribution in [-0.2, 0) is 0 Å². The number of nitrogens with zero attached hydrogens (tertiary/aromatic N) is 2. The van der Waals surface area contributed by atoms with E-state index in [0.717, 1.165) is 12.8 Å². The van der Waals surface area contributed by atoms with E-state index in [1.54, 1.807) is 4.90 Å². The van der Waals surface area contributed by atoms with E-state index in [0.29, 0.717) is 19.0 Å². The van der Waals surface area contributed by atoms with Crippen LogP contribution >= 0.6 is 11.6 Å². The van der Waals surface area contributed by atoms with Crippen molar-refractivity contribution < 1.29 is 14.8 Å². The van der Waals surface area contributed by atoms with Gasteiger partial charge in [0.15, 0.2) is 0 Å². The highest BCUT2D eigenvalue weighted by Gasteiger charge is 2.43. The molecule has 0 bridgehead atoms. The largest absolute Gasteiger partial charge is 0.393 e. The first-order valence-corrected chi connectivity index (χ1v) is 7.26. The molecule has 0 spiro atoms. The van der Waals surface area contributed by atoms with E-state index in [2.05, 4.69) is 0 Å². The molecule has 3 atom stereocenters. The van der Waals surface area contributed by atoms with Crippen LogP contribution in [0.1, 0.15) is 23.2 Å². The number of amides is 1. The highest BCUT2D eigenvalue weighted by Crippen LogP contribution is 2.39. The topological polar surface area (TPSA) is 83.7 Å². The first-order chi connectivity index (χ1) is 9.97. The highest BCUT2D eigenvalue weighted by atomic mass is 35.5. The number of carbonyl (C=O) groups excluding carboxylic acids is 1. The molecule has 1 aromatic rings. The lowest BCUT2D eigenvalue weighted by atomic mass is 10.00. The van der Waals surface area contributed by atoms with E-state index >= 15 is 0 Å². The van der Waals surface area contributed by atoms with E-state index in [1.807, 2.05) is 0 Å². The molecule has 1 N–H and O–H groups in total. The van der Waals surface area contributed by atoms with E-state index < -0.39 is 4.92 Å². The van der Waals surface area contributed by atoms with Crippen molar-refractivity contribution >= 4 is 23.2 Å². The molecule has 7 heteroatoms. The number of rotatable bonds is 2. The molecule has 1 aliphatic heterocycles. The van der Waals surface area contributed by atoms with Crippen LogP contribution in [0.4, 0.5) is 5.69 Å². The molecule has 1 aliphatic carbocycles. The Morgan fingerprint density at radius 2 is 2.14 bits per heavy atom. The summed E-state index contributed by atoms with van der Waals surface area (Å²) in [6.07, 6.45) is 1.35. The van der Waals surface area contributed by atoms with Crippen LogP contribution in [0, 0.1) is 22.0 Å². The van der Waals surface area contributed by atoms with Crippen LogP contribution in [-0.4, -0.2) is 40.0 Å². The zero-order valence-corrected chi connectivity index (χ0v) is 12.0. The van der Waals surface area contributed by atoms with Crippen molar-refractivity contribution in [3.63, 3.8) is 0 Å². The summed E-state index contributed by atoms with van der Waals surface area (Å²) in [5.41, 5.74) is 0.00232. The lowest BCUT2D eigenvalue weighted by molar-refractivity contribution is -0.384. The fourth-order valence-electron chi connectivity index (χ4n) is 3.36. The number of aliphatic hydroxyl groups excluding tert-OH is 1. The summed E-state index contributed by atoms with van der Waals surface area (Å²) in [6.45, 7) is 1.07. The van der Waals surface area contributed by atoms with E-state index in [-0.39, 0.29) is 34.2 Å². The Morgan fingerprint density at radius 3 is 2.81 bits per heavy atom. The number of non-ortho nitro benzene ring substituents is 1. The molecule has 0 radical (unpaired) electrons. The van der Waals surface area contributed by atoms with E-state index in [9.17, 15) is 20.0 Å². The molecule has 2 fully saturated rings. The first kappa shape index (κ1) is 14.3. The molecule has 6 nitrogen and oxygen atoms in total. The number of aliphatic hydroxyl groups is 1. The van der Waals surface area contributed by atoms with Gasteiger partial charge < -0.3 is 10.0 Å². The quantitative estimate of drug-likeness (QED) is 0.669. The minimum Gasteiger partial charge on any atom is -0.393 e. The number of likely N-dealkylation sites (tertiary alicyclic amines) is 1. The monoisotopic (exact) mass is 310 g/mol. The minimum atomic E-state index is -0.546. The van der Waals surface area contributed by atoms with Gasteiger partial charge in [0.2, 0.25) is 0 Å².